The number of hydrogen-bond acceptors (Lipinski definition) is 4. The molecular weight excluding hydrogens is 331 g/mol. The molecule has 0 aliphatic carbocycles. The molecule has 0 unspecified atom stereocenters. The second kappa shape index (κ2) is 7.43. The molecule has 0 saturated heterocycles. The normalized spacial score (nSPS) is 11.3. The molecule has 0 bridgehead atoms. The highest BCUT2D eigenvalue weighted by Gasteiger charge is 2.24. The summed E-state index contributed by atoms with van der Waals surface area (Å²) in [5.74, 6) is -0.443. The van der Waals surface area contributed by atoms with Gasteiger partial charge in [0.1, 0.15) is 0 Å². The van der Waals surface area contributed by atoms with E-state index < -0.39 is 15.8 Å². The number of nitrogens with zero attached hydrogens (tertiary/aromatic N) is 2. The van der Waals surface area contributed by atoms with Crippen LogP contribution in [0.25, 0.3) is 0 Å². The molecule has 2 aromatic rings. The molecule has 7 heteroatoms. The first-order valence-electron chi connectivity index (χ1n) is 7.25. The van der Waals surface area contributed by atoms with E-state index in [9.17, 15) is 12.8 Å². The number of nitriles is 1. The predicted molar refractivity (Wildman–Crippen MR) is 87.4 cm³/mol. The fourth-order valence-corrected chi connectivity index (χ4v) is 3.74. The van der Waals surface area contributed by atoms with Crippen LogP contribution in [0.2, 0.25) is 0 Å². The number of benzene rings is 2. The smallest absolute Gasteiger partial charge is 0.243 e. The fraction of sp³-hybridized carbons (Fsp3) is 0.235. The highest BCUT2D eigenvalue weighted by atomic mass is 32.2. The Bertz CT molecular complexity index is 876. The van der Waals surface area contributed by atoms with Gasteiger partial charge >= 0.3 is 0 Å². The molecule has 0 saturated carbocycles. The van der Waals surface area contributed by atoms with Gasteiger partial charge in [0.15, 0.2) is 11.6 Å². The highest BCUT2D eigenvalue weighted by molar-refractivity contribution is 7.89. The number of ether oxygens (including phenoxy) is 1. The summed E-state index contributed by atoms with van der Waals surface area (Å²) < 4.78 is 45.4. The summed E-state index contributed by atoms with van der Waals surface area (Å²) >= 11 is 0. The maximum Gasteiger partial charge on any atom is 0.243 e. The maximum atomic E-state index is 13.8. The Labute approximate surface area is 141 Å². The molecule has 0 spiro atoms. The zero-order valence-corrected chi connectivity index (χ0v) is 14.2. The van der Waals surface area contributed by atoms with Gasteiger partial charge in [-0.25, -0.2) is 12.8 Å². The minimum atomic E-state index is -3.78. The van der Waals surface area contributed by atoms with Crippen LogP contribution in [0, 0.1) is 17.1 Å². The van der Waals surface area contributed by atoms with Crippen molar-refractivity contribution in [3.63, 3.8) is 0 Å². The van der Waals surface area contributed by atoms with Gasteiger partial charge in [-0.3, -0.25) is 0 Å². The van der Waals surface area contributed by atoms with Crippen molar-refractivity contribution in [2.75, 3.05) is 13.7 Å². The molecular formula is C17H17FN2O3S. The van der Waals surface area contributed by atoms with E-state index in [4.69, 9.17) is 10.00 Å². The lowest BCUT2D eigenvalue weighted by atomic mass is 10.2. The van der Waals surface area contributed by atoms with Gasteiger partial charge in [0, 0.05) is 13.1 Å². The van der Waals surface area contributed by atoms with Crippen LogP contribution in [0.1, 0.15) is 18.1 Å². The standard InChI is InChI=1S/C17H17FN2O3S/c1-3-20(12-14-7-8-17(23-2)16(18)10-14)24(21,22)15-6-4-5-13(9-15)11-19/h4-10H,3,12H2,1-2H3. The Balaban J connectivity index is 2.33. The second-order valence-corrected chi connectivity index (χ2v) is 6.98. The van der Waals surface area contributed by atoms with Gasteiger partial charge in [0.05, 0.1) is 23.6 Å². The van der Waals surface area contributed by atoms with Crippen molar-refractivity contribution in [2.24, 2.45) is 0 Å². The summed E-state index contributed by atoms with van der Waals surface area (Å²) in [5, 5.41) is 8.93. The van der Waals surface area contributed by atoms with E-state index in [2.05, 4.69) is 0 Å². The Morgan fingerprint density at radius 3 is 2.58 bits per heavy atom. The average molecular weight is 348 g/mol. The van der Waals surface area contributed by atoms with Crippen molar-refractivity contribution in [1.29, 1.82) is 5.26 Å². The lowest BCUT2D eigenvalue weighted by Gasteiger charge is -2.21. The molecule has 126 valence electrons. The van der Waals surface area contributed by atoms with E-state index in [0.29, 0.717) is 5.56 Å². The maximum absolute atomic E-state index is 13.8. The van der Waals surface area contributed by atoms with Gasteiger partial charge in [-0.05, 0) is 35.9 Å². The van der Waals surface area contributed by atoms with E-state index in [1.54, 1.807) is 13.0 Å². The summed E-state index contributed by atoms with van der Waals surface area (Å²) in [6.45, 7) is 1.94. The van der Waals surface area contributed by atoms with Crippen molar-refractivity contribution >= 4 is 10.0 Å². The van der Waals surface area contributed by atoms with E-state index >= 15 is 0 Å². The van der Waals surface area contributed by atoms with Crippen molar-refractivity contribution < 1.29 is 17.5 Å². The lowest BCUT2D eigenvalue weighted by Crippen LogP contribution is -2.30. The Morgan fingerprint density at radius 2 is 2.00 bits per heavy atom. The van der Waals surface area contributed by atoms with Gasteiger partial charge in [-0.15, -0.1) is 0 Å². The van der Waals surface area contributed by atoms with Crippen molar-refractivity contribution in [2.45, 2.75) is 18.4 Å². The van der Waals surface area contributed by atoms with Gasteiger partial charge in [0.2, 0.25) is 10.0 Å². The average Bonchev–Trinajstić information content (AvgIpc) is 2.59. The first-order valence-corrected chi connectivity index (χ1v) is 8.69. The van der Waals surface area contributed by atoms with Crippen LogP contribution < -0.4 is 4.74 Å². The van der Waals surface area contributed by atoms with E-state index in [1.165, 1.54) is 47.8 Å². The van der Waals surface area contributed by atoms with Gasteiger partial charge < -0.3 is 4.74 Å². The highest BCUT2D eigenvalue weighted by Crippen LogP contribution is 2.22. The molecule has 0 aliphatic rings. The quantitative estimate of drug-likeness (QED) is 0.805. The third-order valence-electron chi connectivity index (χ3n) is 3.53. The molecule has 0 aromatic heterocycles. The fourth-order valence-electron chi connectivity index (χ4n) is 2.25. The zero-order chi connectivity index (χ0) is 17.7. The molecule has 24 heavy (non-hydrogen) atoms. The van der Waals surface area contributed by atoms with Crippen LogP contribution in [-0.4, -0.2) is 26.4 Å². The van der Waals surface area contributed by atoms with Crippen molar-refractivity contribution in [1.82, 2.24) is 4.31 Å². The summed E-state index contributed by atoms with van der Waals surface area (Å²) in [7, 11) is -2.42. The molecule has 0 amide bonds. The van der Waals surface area contributed by atoms with Crippen molar-refractivity contribution in [3.05, 3.63) is 59.4 Å². The van der Waals surface area contributed by atoms with Gasteiger partial charge in [-0.2, -0.15) is 9.57 Å². The van der Waals surface area contributed by atoms with E-state index in [-0.39, 0.29) is 29.3 Å². The van der Waals surface area contributed by atoms with E-state index in [1.807, 2.05) is 6.07 Å². The van der Waals surface area contributed by atoms with Crippen LogP contribution in [0.15, 0.2) is 47.4 Å². The zero-order valence-electron chi connectivity index (χ0n) is 13.4. The first kappa shape index (κ1) is 17.9. The lowest BCUT2D eigenvalue weighted by molar-refractivity contribution is 0.384. The number of methoxy groups -OCH3 is 1. The minimum Gasteiger partial charge on any atom is -0.494 e. The van der Waals surface area contributed by atoms with Crippen LogP contribution in [0.5, 0.6) is 5.75 Å². The molecule has 0 atom stereocenters. The Hall–Kier alpha value is -2.43. The van der Waals surface area contributed by atoms with Crippen LogP contribution in [0.3, 0.4) is 0 Å². The topological polar surface area (TPSA) is 70.4 Å². The minimum absolute atomic E-state index is 0.0243. The number of rotatable bonds is 6. The number of hydrogen-bond donors (Lipinski definition) is 0. The summed E-state index contributed by atoms with van der Waals surface area (Å²) in [5.41, 5.74) is 0.776. The molecule has 2 aromatic carbocycles. The van der Waals surface area contributed by atoms with Gasteiger partial charge in [0.25, 0.3) is 0 Å². The SMILES string of the molecule is CCN(Cc1ccc(OC)c(F)c1)S(=O)(=O)c1cccc(C#N)c1. The van der Waals surface area contributed by atoms with Crippen LogP contribution in [-0.2, 0) is 16.6 Å². The molecule has 2 rings (SSSR count). The Morgan fingerprint density at radius 1 is 1.25 bits per heavy atom. The number of halogens is 1. The number of sulfonamides is 1. The third-order valence-corrected chi connectivity index (χ3v) is 5.45. The monoisotopic (exact) mass is 348 g/mol. The molecule has 0 radical (unpaired) electrons. The summed E-state index contributed by atoms with van der Waals surface area (Å²) in [6, 6.07) is 12.1. The van der Waals surface area contributed by atoms with Crippen molar-refractivity contribution in [3.8, 4) is 11.8 Å². The van der Waals surface area contributed by atoms with E-state index in [0.717, 1.165) is 0 Å². The molecule has 5 nitrogen and oxygen atoms in total. The molecule has 0 N–H and O–H groups in total. The molecule has 0 aliphatic heterocycles. The summed E-state index contributed by atoms with van der Waals surface area (Å²) in [4.78, 5) is 0.0392. The molecule has 0 heterocycles. The second-order valence-electron chi connectivity index (χ2n) is 5.04. The first-order chi connectivity index (χ1) is 11.4. The molecule has 0 fully saturated rings. The van der Waals surface area contributed by atoms with Gasteiger partial charge in [-0.1, -0.05) is 19.1 Å². The third kappa shape index (κ3) is 3.72. The van der Waals surface area contributed by atoms with Crippen LogP contribution >= 0.6 is 0 Å². The Kier molecular flexibility index (Phi) is 5.54. The predicted octanol–water partition coefficient (Wildman–Crippen LogP) is 2.92. The van der Waals surface area contributed by atoms with Crippen LogP contribution in [0.4, 0.5) is 4.39 Å². The summed E-state index contributed by atoms with van der Waals surface area (Å²) in [6.07, 6.45) is 0. The largest absolute Gasteiger partial charge is 0.494 e.